The summed E-state index contributed by atoms with van der Waals surface area (Å²) in [5.74, 6) is 0.787. The number of nitrogens with zero attached hydrogens (tertiary/aromatic N) is 1. The average Bonchev–Trinajstić information content (AvgIpc) is 2.45. The van der Waals surface area contributed by atoms with Crippen LogP contribution in [0.25, 0.3) is 0 Å². The van der Waals surface area contributed by atoms with Crippen LogP contribution in [0.4, 0.5) is 4.79 Å². The van der Waals surface area contributed by atoms with Crippen LogP contribution in [0.3, 0.4) is 0 Å². The number of aryl methyl sites for hydroxylation is 1. The molecule has 0 aromatic heterocycles. The number of piperidine rings is 1. The molecule has 5 heteroatoms. The summed E-state index contributed by atoms with van der Waals surface area (Å²) >= 11 is 0. The van der Waals surface area contributed by atoms with E-state index in [2.05, 4.69) is 0 Å². The van der Waals surface area contributed by atoms with Crippen LogP contribution in [0.2, 0.25) is 0 Å². The second-order valence-corrected chi connectivity index (χ2v) is 7.25. The molecule has 2 rings (SSSR count). The highest BCUT2D eigenvalue weighted by molar-refractivity contribution is 5.68. The van der Waals surface area contributed by atoms with Gasteiger partial charge in [-0.1, -0.05) is 18.2 Å². The molecular weight excluding hydrogens is 294 g/mol. The van der Waals surface area contributed by atoms with E-state index >= 15 is 0 Å². The van der Waals surface area contributed by atoms with Crippen molar-refractivity contribution in [2.45, 2.75) is 51.7 Å². The Morgan fingerprint density at radius 1 is 1.26 bits per heavy atom. The largest absolute Gasteiger partial charge is 0.490 e. The molecule has 5 nitrogen and oxygen atoms in total. The van der Waals surface area contributed by atoms with Crippen LogP contribution in [0.1, 0.15) is 39.2 Å². The predicted octanol–water partition coefficient (Wildman–Crippen LogP) is 3.14. The summed E-state index contributed by atoms with van der Waals surface area (Å²) in [4.78, 5) is 13.7. The van der Waals surface area contributed by atoms with Gasteiger partial charge in [-0.3, -0.25) is 0 Å². The highest BCUT2D eigenvalue weighted by atomic mass is 16.6. The molecule has 1 aliphatic heterocycles. The van der Waals surface area contributed by atoms with Gasteiger partial charge in [-0.05, 0) is 52.2 Å². The van der Waals surface area contributed by atoms with Crippen molar-refractivity contribution >= 4 is 6.09 Å². The average molecular weight is 321 g/mol. The molecule has 1 heterocycles. The minimum absolute atomic E-state index is 0.236. The van der Waals surface area contributed by atoms with Gasteiger partial charge in [-0.25, -0.2) is 4.79 Å². The Hall–Kier alpha value is -1.75. The third-order valence-corrected chi connectivity index (χ3v) is 3.94. The van der Waals surface area contributed by atoms with Crippen LogP contribution in [-0.2, 0) is 4.74 Å². The topological polar surface area (TPSA) is 59.0 Å². The molecule has 1 amide bonds. The number of aliphatic hydroxyl groups is 1. The Morgan fingerprint density at radius 3 is 2.43 bits per heavy atom. The van der Waals surface area contributed by atoms with Crippen molar-refractivity contribution in [2.75, 3.05) is 19.7 Å². The zero-order chi connectivity index (χ0) is 17.1. The Bertz CT molecular complexity index is 542. The van der Waals surface area contributed by atoms with E-state index in [4.69, 9.17) is 9.47 Å². The Labute approximate surface area is 138 Å². The van der Waals surface area contributed by atoms with Crippen molar-refractivity contribution in [1.82, 2.24) is 4.90 Å². The van der Waals surface area contributed by atoms with Crippen LogP contribution < -0.4 is 4.74 Å². The Kier molecular flexibility index (Phi) is 5.19. The normalized spacial score (nSPS) is 17.7. The van der Waals surface area contributed by atoms with Gasteiger partial charge < -0.3 is 19.5 Å². The predicted molar refractivity (Wildman–Crippen MR) is 88.7 cm³/mol. The number of hydrogen-bond acceptors (Lipinski definition) is 4. The first kappa shape index (κ1) is 17.6. The lowest BCUT2D eigenvalue weighted by Crippen LogP contribution is -2.50. The summed E-state index contributed by atoms with van der Waals surface area (Å²) in [6.45, 7) is 8.71. The number of amides is 1. The van der Waals surface area contributed by atoms with Gasteiger partial charge in [0.05, 0.1) is 0 Å². The second kappa shape index (κ2) is 6.79. The van der Waals surface area contributed by atoms with Gasteiger partial charge in [0.2, 0.25) is 0 Å². The van der Waals surface area contributed by atoms with Crippen molar-refractivity contribution in [3.05, 3.63) is 29.8 Å². The number of benzene rings is 1. The van der Waals surface area contributed by atoms with Gasteiger partial charge in [0.15, 0.2) is 0 Å². The number of carbonyl (C=O) groups is 1. The lowest BCUT2D eigenvalue weighted by molar-refractivity contribution is -0.0562. The molecule has 23 heavy (non-hydrogen) atoms. The number of likely N-dealkylation sites (tertiary alicyclic amines) is 1. The zero-order valence-corrected chi connectivity index (χ0v) is 14.5. The number of ether oxygens (including phenoxy) is 2. The van der Waals surface area contributed by atoms with Crippen molar-refractivity contribution in [2.24, 2.45) is 0 Å². The first-order chi connectivity index (χ1) is 10.7. The van der Waals surface area contributed by atoms with Crippen molar-refractivity contribution < 1.29 is 19.4 Å². The minimum atomic E-state index is -0.902. The van der Waals surface area contributed by atoms with E-state index in [-0.39, 0.29) is 12.7 Å². The highest BCUT2D eigenvalue weighted by Gasteiger charge is 2.36. The number of carbonyl (C=O) groups excluding carboxylic acids is 1. The molecule has 128 valence electrons. The maximum atomic E-state index is 12.0. The fourth-order valence-electron chi connectivity index (χ4n) is 2.51. The summed E-state index contributed by atoms with van der Waals surface area (Å²) < 4.78 is 11.1. The SMILES string of the molecule is Cc1ccccc1OCC1(O)CCN(C(=O)OC(C)(C)C)CC1. The molecule has 1 aromatic rings. The summed E-state index contributed by atoms with van der Waals surface area (Å²) in [5, 5.41) is 10.7. The van der Waals surface area contributed by atoms with Crippen molar-refractivity contribution in [1.29, 1.82) is 0 Å². The number of hydrogen-bond donors (Lipinski definition) is 1. The van der Waals surface area contributed by atoms with Crippen LogP contribution in [0.15, 0.2) is 24.3 Å². The zero-order valence-electron chi connectivity index (χ0n) is 14.5. The monoisotopic (exact) mass is 321 g/mol. The highest BCUT2D eigenvalue weighted by Crippen LogP contribution is 2.26. The molecule has 0 spiro atoms. The molecule has 1 aromatic carbocycles. The molecule has 1 N–H and O–H groups in total. The molecule has 1 fully saturated rings. The first-order valence-corrected chi connectivity index (χ1v) is 8.07. The Balaban J connectivity index is 1.85. The quantitative estimate of drug-likeness (QED) is 0.929. The Morgan fingerprint density at radius 2 is 1.87 bits per heavy atom. The van der Waals surface area contributed by atoms with E-state index < -0.39 is 11.2 Å². The van der Waals surface area contributed by atoms with Gasteiger partial charge in [-0.2, -0.15) is 0 Å². The van der Waals surface area contributed by atoms with E-state index in [0.29, 0.717) is 25.9 Å². The van der Waals surface area contributed by atoms with Crippen LogP contribution in [-0.4, -0.2) is 47.0 Å². The summed E-state index contributed by atoms with van der Waals surface area (Å²) in [5.41, 5.74) is -0.359. The third-order valence-electron chi connectivity index (χ3n) is 3.94. The lowest BCUT2D eigenvalue weighted by atomic mass is 9.92. The number of rotatable bonds is 3. The molecule has 0 saturated carbocycles. The number of para-hydroxylation sites is 1. The van der Waals surface area contributed by atoms with Crippen LogP contribution in [0.5, 0.6) is 5.75 Å². The molecule has 0 aliphatic carbocycles. The van der Waals surface area contributed by atoms with E-state index in [1.807, 2.05) is 52.0 Å². The van der Waals surface area contributed by atoms with Crippen molar-refractivity contribution in [3.63, 3.8) is 0 Å². The smallest absolute Gasteiger partial charge is 0.410 e. The van der Waals surface area contributed by atoms with E-state index in [9.17, 15) is 9.90 Å². The second-order valence-electron chi connectivity index (χ2n) is 7.25. The van der Waals surface area contributed by atoms with Crippen molar-refractivity contribution in [3.8, 4) is 5.75 Å². The summed E-state index contributed by atoms with van der Waals surface area (Å²) in [6, 6.07) is 7.74. The molecule has 1 saturated heterocycles. The minimum Gasteiger partial charge on any atom is -0.490 e. The molecule has 0 atom stereocenters. The maximum absolute atomic E-state index is 12.0. The first-order valence-electron chi connectivity index (χ1n) is 8.07. The molecule has 1 aliphatic rings. The van der Waals surface area contributed by atoms with E-state index in [0.717, 1.165) is 11.3 Å². The van der Waals surface area contributed by atoms with E-state index in [1.165, 1.54) is 0 Å². The maximum Gasteiger partial charge on any atom is 0.410 e. The standard InChI is InChI=1S/C18H27NO4/c1-14-7-5-6-8-15(14)22-13-18(21)9-11-19(12-10-18)16(20)23-17(2,3)4/h5-8,21H,9-13H2,1-4H3. The van der Waals surface area contributed by atoms with Crippen LogP contribution in [0, 0.1) is 6.92 Å². The fourth-order valence-corrected chi connectivity index (χ4v) is 2.51. The van der Waals surface area contributed by atoms with Gasteiger partial charge in [0.1, 0.15) is 23.6 Å². The van der Waals surface area contributed by atoms with Gasteiger partial charge in [-0.15, -0.1) is 0 Å². The van der Waals surface area contributed by atoms with Gasteiger partial charge in [0.25, 0.3) is 0 Å². The van der Waals surface area contributed by atoms with Crippen LogP contribution >= 0.6 is 0 Å². The van der Waals surface area contributed by atoms with E-state index in [1.54, 1.807) is 4.90 Å². The summed E-state index contributed by atoms with van der Waals surface area (Å²) in [7, 11) is 0. The molecular formula is C18H27NO4. The molecule has 0 radical (unpaired) electrons. The van der Waals surface area contributed by atoms with Gasteiger partial charge >= 0.3 is 6.09 Å². The fraction of sp³-hybridized carbons (Fsp3) is 0.611. The van der Waals surface area contributed by atoms with Gasteiger partial charge in [0, 0.05) is 13.1 Å². The molecule has 0 unspecified atom stereocenters. The lowest BCUT2D eigenvalue weighted by Gasteiger charge is -2.38. The third kappa shape index (κ3) is 5.13. The summed E-state index contributed by atoms with van der Waals surface area (Å²) in [6.07, 6.45) is 0.648. The molecule has 0 bridgehead atoms.